The SMILES string of the molecule is O=C(CO/N=C\c1ccccc1)N=Nc1c(O)n(CN2CCOCC2)c2ccccc12. The predicted octanol–water partition coefficient (Wildman–Crippen LogP) is 3.30. The third-order valence-corrected chi connectivity index (χ3v) is 4.89. The number of azo groups is 1. The summed E-state index contributed by atoms with van der Waals surface area (Å²) in [5.41, 5.74) is 1.93. The van der Waals surface area contributed by atoms with E-state index in [0.717, 1.165) is 24.2 Å². The van der Waals surface area contributed by atoms with Crippen LogP contribution in [-0.4, -0.2) is 59.6 Å². The molecule has 0 spiro atoms. The van der Waals surface area contributed by atoms with E-state index in [4.69, 9.17) is 9.57 Å². The monoisotopic (exact) mass is 421 g/mol. The molecule has 1 amide bonds. The zero-order chi connectivity index (χ0) is 21.5. The standard InChI is InChI=1S/C22H23N5O4/c28-20(15-31-23-14-17-6-2-1-3-7-17)24-25-21-18-8-4-5-9-19(18)27(22(21)29)16-26-10-12-30-13-11-26/h1-9,14,29H,10-13,15-16H2/b23-14-,25-24?. The first kappa shape index (κ1) is 20.7. The lowest BCUT2D eigenvalue weighted by molar-refractivity contribution is -0.122. The van der Waals surface area contributed by atoms with Crippen molar-refractivity contribution in [2.24, 2.45) is 15.4 Å². The first-order valence-electron chi connectivity index (χ1n) is 9.97. The molecule has 0 saturated carbocycles. The molecule has 2 heterocycles. The predicted molar refractivity (Wildman–Crippen MR) is 116 cm³/mol. The van der Waals surface area contributed by atoms with Crippen LogP contribution in [-0.2, 0) is 21.0 Å². The maximum absolute atomic E-state index is 12.0. The number of carbonyl (C=O) groups excluding carboxylic acids is 1. The van der Waals surface area contributed by atoms with Gasteiger partial charge in [-0.2, -0.15) is 0 Å². The van der Waals surface area contributed by atoms with Crippen molar-refractivity contribution < 1.29 is 19.5 Å². The molecule has 1 fully saturated rings. The lowest BCUT2D eigenvalue weighted by Gasteiger charge is -2.27. The quantitative estimate of drug-likeness (QED) is 0.358. The number of rotatable bonds is 7. The van der Waals surface area contributed by atoms with Gasteiger partial charge in [-0.05, 0) is 11.6 Å². The summed E-state index contributed by atoms with van der Waals surface area (Å²) in [6, 6.07) is 16.9. The molecule has 9 nitrogen and oxygen atoms in total. The molecule has 0 radical (unpaired) electrons. The zero-order valence-electron chi connectivity index (χ0n) is 16.9. The van der Waals surface area contributed by atoms with E-state index in [1.165, 1.54) is 6.21 Å². The van der Waals surface area contributed by atoms with Gasteiger partial charge in [0.05, 0.1) is 31.6 Å². The number of benzene rings is 2. The van der Waals surface area contributed by atoms with Gasteiger partial charge in [-0.25, -0.2) is 0 Å². The normalized spacial score (nSPS) is 15.2. The van der Waals surface area contributed by atoms with Crippen molar-refractivity contribution in [1.29, 1.82) is 0 Å². The molecule has 1 saturated heterocycles. The van der Waals surface area contributed by atoms with Crippen LogP contribution in [0.5, 0.6) is 5.88 Å². The van der Waals surface area contributed by atoms with Crippen molar-refractivity contribution in [3.05, 3.63) is 60.2 Å². The number of aromatic nitrogens is 1. The van der Waals surface area contributed by atoms with Gasteiger partial charge in [0, 0.05) is 18.5 Å². The van der Waals surface area contributed by atoms with Gasteiger partial charge in [0.1, 0.15) is 0 Å². The van der Waals surface area contributed by atoms with Gasteiger partial charge in [0.25, 0.3) is 0 Å². The zero-order valence-corrected chi connectivity index (χ0v) is 16.9. The van der Waals surface area contributed by atoms with Crippen molar-refractivity contribution in [1.82, 2.24) is 9.47 Å². The number of nitrogens with zero attached hydrogens (tertiary/aromatic N) is 5. The number of oxime groups is 1. The molecule has 1 aromatic heterocycles. The molecule has 1 aliphatic rings. The molecule has 9 heteroatoms. The molecule has 3 aromatic rings. The first-order chi connectivity index (χ1) is 15.2. The van der Waals surface area contributed by atoms with E-state index in [-0.39, 0.29) is 18.2 Å². The Labute approximate surface area is 179 Å². The van der Waals surface area contributed by atoms with Gasteiger partial charge in [-0.1, -0.05) is 53.7 Å². The number of fused-ring (bicyclic) bond motifs is 1. The summed E-state index contributed by atoms with van der Waals surface area (Å²) < 4.78 is 7.15. The molecule has 1 aliphatic heterocycles. The molecule has 160 valence electrons. The second-order valence-corrected chi connectivity index (χ2v) is 7.00. The maximum atomic E-state index is 12.0. The summed E-state index contributed by atoms with van der Waals surface area (Å²) in [6.45, 7) is 3.03. The summed E-state index contributed by atoms with van der Waals surface area (Å²) in [5.74, 6) is -0.637. The number of hydrogen-bond acceptors (Lipinski definition) is 7. The van der Waals surface area contributed by atoms with E-state index < -0.39 is 5.91 Å². The molecule has 0 unspecified atom stereocenters. The van der Waals surface area contributed by atoms with Gasteiger partial charge in [-0.3, -0.25) is 14.3 Å². The van der Waals surface area contributed by atoms with E-state index in [2.05, 4.69) is 20.3 Å². The van der Waals surface area contributed by atoms with E-state index in [1.54, 1.807) is 4.57 Å². The third kappa shape index (κ3) is 5.14. The van der Waals surface area contributed by atoms with Gasteiger partial charge in [-0.15, -0.1) is 10.2 Å². The fourth-order valence-electron chi connectivity index (χ4n) is 3.32. The second-order valence-electron chi connectivity index (χ2n) is 7.00. The van der Waals surface area contributed by atoms with Crippen LogP contribution in [0.2, 0.25) is 0 Å². The molecule has 1 N–H and O–H groups in total. The number of hydrogen-bond donors (Lipinski definition) is 1. The van der Waals surface area contributed by atoms with E-state index >= 15 is 0 Å². The number of aromatic hydroxyl groups is 1. The highest BCUT2D eigenvalue weighted by Crippen LogP contribution is 2.38. The first-order valence-corrected chi connectivity index (χ1v) is 9.97. The summed E-state index contributed by atoms with van der Waals surface area (Å²) in [7, 11) is 0. The molecule has 4 rings (SSSR count). The van der Waals surface area contributed by atoms with Crippen LogP contribution in [0.25, 0.3) is 10.9 Å². The van der Waals surface area contributed by atoms with E-state index in [0.29, 0.717) is 25.3 Å². The number of ether oxygens (including phenoxy) is 1. The van der Waals surface area contributed by atoms with Crippen LogP contribution < -0.4 is 0 Å². The summed E-state index contributed by atoms with van der Waals surface area (Å²) in [6.07, 6.45) is 1.51. The molecule has 0 atom stereocenters. The topological polar surface area (TPSA) is 101 Å². The Kier molecular flexibility index (Phi) is 6.65. The van der Waals surface area contributed by atoms with E-state index in [9.17, 15) is 9.90 Å². The molecular formula is C22H23N5O4. The van der Waals surface area contributed by atoms with Crippen molar-refractivity contribution in [2.75, 3.05) is 32.9 Å². The number of amides is 1. The van der Waals surface area contributed by atoms with Gasteiger partial charge < -0.3 is 14.7 Å². The van der Waals surface area contributed by atoms with Gasteiger partial charge >= 0.3 is 5.91 Å². The largest absolute Gasteiger partial charge is 0.493 e. The number of para-hydroxylation sites is 1. The minimum absolute atomic E-state index is 0.0349. The fourth-order valence-corrected chi connectivity index (χ4v) is 3.32. The van der Waals surface area contributed by atoms with Crippen molar-refractivity contribution in [3.8, 4) is 5.88 Å². The van der Waals surface area contributed by atoms with Crippen LogP contribution in [0.3, 0.4) is 0 Å². The Balaban J connectivity index is 1.44. The molecule has 0 aliphatic carbocycles. The van der Waals surface area contributed by atoms with E-state index in [1.807, 2.05) is 54.6 Å². The van der Waals surface area contributed by atoms with Crippen LogP contribution in [0.1, 0.15) is 5.56 Å². The van der Waals surface area contributed by atoms with Crippen LogP contribution >= 0.6 is 0 Å². The summed E-state index contributed by atoms with van der Waals surface area (Å²) >= 11 is 0. The highest BCUT2D eigenvalue weighted by Gasteiger charge is 2.19. The molecular weight excluding hydrogens is 398 g/mol. The average molecular weight is 421 g/mol. The molecule has 31 heavy (non-hydrogen) atoms. The van der Waals surface area contributed by atoms with Crippen molar-refractivity contribution in [3.63, 3.8) is 0 Å². The highest BCUT2D eigenvalue weighted by molar-refractivity contribution is 5.95. The van der Waals surface area contributed by atoms with Crippen LogP contribution in [0.15, 0.2) is 70.0 Å². The Morgan fingerprint density at radius 3 is 2.65 bits per heavy atom. The van der Waals surface area contributed by atoms with Crippen molar-refractivity contribution >= 4 is 28.7 Å². The minimum atomic E-state index is -0.602. The summed E-state index contributed by atoms with van der Waals surface area (Å²) in [4.78, 5) is 19.2. The van der Waals surface area contributed by atoms with Gasteiger partial charge in [0.2, 0.25) is 5.88 Å². The van der Waals surface area contributed by atoms with Gasteiger partial charge in [0.15, 0.2) is 12.3 Å². The Morgan fingerprint density at radius 1 is 1.10 bits per heavy atom. The summed E-state index contributed by atoms with van der Waals surface area (Å²) in [5, 5.41) is 23.0. The van der Waals surface area contributed by atoms with Crippen molar-refractivity contribution in [2.45, 2.75) is 6.67 Å². The Morgan fingerprint density at radius 2 is 1.84 bits per heavy atom. The number of morpholine rings is 1. The smallest absolute Gasteiger partial charge is 0.304 e. The third-order valence-electron chi connectivity index (χ3n) is 4.89. The molecule has 0 bridgehead atoms. The lowest BCUT2D eigenvalue weighted by atomic mass is 10.2. The van der Waals surface area contributed by atoms with Crippen LogP contribution in [0.4, 0.5) is 5.69 Å². The van der Waals surface area contributed by atoms with Crippen LogP contribution in [0, 0.1) is 0 Å². The second kappa shape index (κ2) is 9.96. The minimum Gasteiger partial charge on any atom is -0.493 e. The highest BCUT2D eigenvalue weighted by atomic mass is 16.6. The number of carbonyl (C=O) groups is 1. The Bertz CT molecular complexity index is 1090. The Hall–Kier alpha value is -3.56. The maximum Gasteiger partial charge on any atom is 0.304 e. The average Bonchev–Trinajstić information content (AvgIpc) is 3.07. The molecule has 2 aromatic carbocycles. The lowest BCUT2D eigenvalue weighted by Crippen LogP contribution is -2.37. The fraction of sp³-hybridized carbons (Fsp3) is 0.273.